The van der Waals surface area contributed by atoms with E-state index in [1.54, 1.807) is 22.8 Å². The Hall–Kier alpha value is -2.51. The van der Waals surface area contributed by atoms with E-state index >= 15 is 0 Å². The maximum absolute atomic E-state index is 12.6. The van der Waals surface area contributed by atoms with Crippen molar-refractivity contribution in [3.63, 3.8) is 0 Å². The third kappa shape index (κ3) is 4.43. The van der Waals surface area contributed by atoms with Crippen LogP contribution >= 0.6 is 0 Å². The number of piperazine rings is 1. The van der Waals surface area contributed by atoms with Crippen molar-refractivity contribution in [1.29, 1.82) is 0 Å². The number of hydrogen-bond acceptors (Lipinski definition) is 4. The van der Waals surface area contributed by atoms with Gasteiger partial charge in [-0.15, -0.1) is 0 Å². The Labute approximate surface area is 158 Å². The highest BCUT2D eigenvalue weighted by Crippen LogP contribution is 2.24. The molecule has 1 aromatic heterocycles. The molecule has 0 radical (unpaired) electrons. The number of furan rings is 1. The van der Waals surface area contributed by atoms with E-state index in [4.69, 9.17) is 9.52 Å². The highest BCUT2D eigenvalue weighted by atomic mass is 16.4. The van der Waals surface area contributed by atoms with Gasteiger partial charge in [-0.2, -0.15) is 0 Å². The lowest BCUT2D eigenvalue weighted by molar-refractivity contribution is -0.142. The molecule has 1 aromatic rings. The largest absolute Gasteiger partial charge is 0.481 e. The molecule has 27 heavy (non-hydrogen) atoms. The molecule has 0 atom stereocenters. The summed E-state index contributed by atoms with van der Waals surface area (Å²) in [7, 11) is 0. The molecular weight excluding hydrogens is 350 g/mol. The molecule has 2 heterocycles. The normalized spacial score (nSPS) is 23.2. The second-order valence-electron chi connectivity index (χ2n) is 7.44. The minimum absolute atomic E-state index is 0.0318. The number of carboxylic acids is 1. The lowest BCUT2D eigenvalue weighted by Gasteiger charge is -2.36. The number of hydrogen-bond donors (Lipinski definition) is 2. The average Bonchev–Trinajstić information content (AvgIpc) is 2.99. The highest BCUT2D eigenvalue weighted by Gasteiger charge is 2.30. The standard InChI is InChI=1S/C19H27N3O5/c1-12-11-16(13(2)27-12)17(23)21-7-9-22(10-8-21)19(26)20-15-5-3-14(4-6-15)18(24)25/h11,14-15H,3-10H2,1-2H3,(H,20,26)(H,24,25). The van der Waals surface area contributed by atoms with Crippen molar-refractivity contribution in [2.24, 2.45) is 5.92 Å². The Balaban J connectivity index is 1.46. The molecule has 1 saturated heterocycles. The van der Waals surface area contributed by atoms with Crippen molar-refractivity contribution in [1.82, 2.24) is 15.1 Å². The fourth-order valence-corrected chi connectivity index (χ4v) is 3.88. The summed E-state index contributed by atoms with van der Waals surface area (Å²) < 4.78 is 5.43. The average molecular weight is 377 g/mol. The predicted octanol–water partition coefficient (Wildman–Crippen LogP) is 2.01. The molecule has 0 aromatic carbocycles. The van der Waals surface area contributed by atoms with E-state index in [9.17, 15) is 14.4 Å². The van der Waals surface area contributed by atoms with Gasteiger partial charge in [0.25, 0.3) is 5.91 Å². The van der Waals surface area contributed by atoms with E-state index < -0.39 is 5.97 Å². The molecule has 3 amide bonds. The van der Waals surface area contributed by atoms with Crippen molar-refractivity contribution >= 4 is 17.9 Å². The zero-order chi connectivity index (χ0) is 19.6. The smallest absolute Gasteiger partial charge is 0.317 e. The van der Waals surface area contributed by atoms with Gasteiger partial charge in [-0.1, -0.05) is 0 Å². The number of carboxylic acid groups (broad SMARTS) is 1. The molecule has 148 valence electrons. The van der Waals surface area contributed by atoms with Gasteiger partial charge in [-0.3, -0.25) is 9.59 Å². The number of carbonyl (C=O) groups excluding carboxylic acids is 2. The van der Waals surface area contributed by atoms with Gasteiger partial charge in [0.15, 0.2) is 0 Å². The predicted molar refractivity (Wildman–Crippen MR) is 97.6 cm³/mol. The van der Waals surface area contributed by atoms with E-state index in [1.165, 1.54) is 0 Å². The van der Waals surface area contributed by atoms with Gasteiger partial charge in [-0.05, 0) is 45.6 Å². The number of rotatable bonds is 3. The maximum atomic E-state index is 12.6. The van der Waals surface area contributed by atoms with Crippen LogP contribution in [0.25, 0.3) is 0 Å². The van der Waals surface area contributed by atoms with Gasteiger partial charge < -0.3 is 24.6 Å². The molecule has 2 N–H and O–H groups in total. The van der Waals surface area contributed by atoms with Crippen LogP contribution in [0.5, 0.6) is 0 Å². The second-order valence-corrected chi connectivity index (χ2v) is 7.44. The van der Waals surface area contributed by atoms with Crippen molar-refractivity contribution in [3.8, 4) is 0 Å². The summed E-state index contributed by atoms with van der Waals surface area (Å²) in [6.07, 6.45) is 2.60. The van der Waals surface area contributed by atoms with Gasteiger partial charge in [0.1, 0.15) is 11.5 Å². The van der Waals surface area contributed by atoms with Crippen LogP contribution in [-0.4, -0.2) is 65.0 Å². The maximum Gasteiger partial charge on any atom is 0.317 e. The third-order valence-electron chi connectivity index (χ3n) is 5.53. The number of amides is 3. The van der Waals surface area contributed by atoms with Crippen molar-refractivity contribution < 1.29 is 23.9 Å². The first kappa shape index (κ1) is 19.3. The summed E-state index contributed by atoms with van der Waals surface area (Å²) in [5, 5.41) is 12.1. The number of urea groups is 1. The van der Waals surface area contributed by atoms with E-state index in [-0.39, 0.29) is 23.9 Å². The van der Waals surface area contributed by atoms with Gasteiger partial charge in [0.05, 0.1) is 11.5 Å². The molecule has 8 heteroatoms. The first-order valence-electron chi connectivity index (χ1n) is 9.49. The Morgan fingerprint density at radius 2 is 1.63 bits per heavy atom. The SMILES string of the molecule is Cc1cc(C(=O)N2CCN(C(=O)NC3CCC(C(=O)O)CC3)CC2)c(C)o1. The Morgan fingerprint density at radius 1 is 1.04 bits per heavy atom. The first-order chi connectivity index (χ1) is 12.8. The van der Waals surface area contributed by atoms with Crippen molar-refractivity contribution in [3.05, 3.63) is 23.2 Å². The van der Waals surface area contributed by atoms with Crippen molar-refractivity contribution in [2.75, 3.05) is 26.2 Å². The zero-order valence-corrected chi connectivity index (χ0v) is 15.9. The molecule has 1 aliphatic heterocycles. The van der Waals surface area contributed by atoms with E-state index in [1.807, 2.05) is 6.92 Å². The van der Waals surface area contributed by atoms with Gasteiger partial charge >= 0.3 is 12.0 Å². The van der Waals surface area contributed by atoms with E-state index in [0.717, 1.165) is 0 Å². The minimum atomic E-state index is -0.747. The van der Waals surface area contributed by atoms with Gasteiger partial charge in [-0.25, -0.2) is 4.79 Å². The van der Waals surface area contributed by atoms with Gasteiger partial charge in [0.2, 0.25) is 0 Å². The Bertz CT molecular complexity index is 713. The monoisotopic (exact) mass is 377 g/mol. The summed E-state index contributed by atoms with van der Waals surface area (Å²) in [5.74, 6) is 0.240. The summed E-state index contributed by atoms with van der Waals surface area (Å²) >= 11 is 0. The highest BCUT2D eigenvalue weighted by molar-refractivity contribution is 5.95. The molecule has 3 rings (SSSR count). The molecule has 0 bridgehead atoms. The lowest BCUT2D eigenvalue weighted by Crippen LogP contribution is -2.55. The number of carbonyl (C=O) groups is 3. The van der Waals surface area contributed by atoms with E-state index in [2.05, 4.69) is 5.32 Å². The molecule has 8 nitrogen and oxygen atoms in total. The third-order valence-corrected chi connectivity index (χ3v) is 5.53. The molecule has 0 spiro atoms. The topological polar surface area (TPSA) is 103 Å². The Morgan fingerprint density at radius 3 is 2.15 bits per heavy atom. The van der Waals surface area contributed by atoms with Crippen LogP contribution in [-0.2, 0) is 4.79 Å². The molecular formula is C19H27N3O5. The molecule has 1 aliphatic carbocycles. The van der Waals surface area contributed by atoms with Gasteiger partial charge in [0, 0.05) is 32.2 Å². The molecule has 1 saturated carbocycles. The minimum Gasteiger partial charge on any atom is -0.481 e. The fraction of sp³-hybridized carbons (Fsp3) is 0.632. The molecule has 2 fully saturated rings. The summed E-state index contributed by atoms with van der Waals surface area (Å²) in [6.45, 7) is 5.54. The zero-order valence-electron chi connectivity index (χ0n) is 15.9. The van der Waals surface area contributed by atoms with Crippen LogP contribution in [0.2, 0.25) is 0 Å². The quantitative estimate of drug-likeness (QED) is 0.839. The Kier molecular flexibility index (Phi) is 5.72. The number of nitrogens with zero attached hydrogens (tertiary/aromatic N) is 2. The van der Waals surface area contributed by atoms with Crippen LogP contribution < -0.4 is 5.32 Å². The van der Waals surface area contributed by atoms with Crippen LogP contribution in [0.3, 0.4) is 0 Å². The summed E-state index contributed by atoms with van der Waals surface area (Å²) in [4.78, 5) is 39.6. The number of aliphatic carboxylic acids is 1. The van der Waals surface area contributed by atoms with Crippen LogP contribution in [0.1, 0.15) is 47.6 Å². The lowest BCUT2D eigenvalue weighted by atomic mass is 9.86. The van der Waals surface area contributed by atoms with E-state index in [0.29, 0.717) is 68.9 Å². The van der Waals surface area contributed by atoms with Crippen molar-refractivity contribution in [2.45, 2.75) is 45.6 Å². The molecule has 0 unspecified atom stereocenters. The number of aryl methyl sites for hydroxylation is 2. The van der Waals surface area contributed by atoms with Crippen LogP contribution in [0, 0.1) is 19.8 Å². The fourth-order valence-electron chi connectivity index (χ4n) is 3.88. The number of nitrogens with one attached hydrogen (secondary N) is 1. The molecule has 2 aliphatic rings. The summed E-state index contributed by atoms with van der Waals surface area (Å²) in [5.41, 5.74) is 0.584. The summed E-state index contributed by atoms with van der Waals surface area (Å²) in [6, 6.07) is 1.66. The van der Waals surface area contributed by atoms with Crippen LogP contribution in [0.15, 0.2) is 10.5 Å². The first-order valence-corrected chi connectivity index (χ1v) is 9.49. The van der Waals surface area contributed by atoms with Crippen LogP contribution in [0.4, 0.5) is 4.79 Å². The second kappa shape index (κ2) is 8.02.